The van der Waals surface area contributed by atoms with Gasteiger partial charge < -0.3 is 20.5 Å². The molecule has 7 nitrogen and oxygen atoms in total. The van der Waals surface area contributed by atoms with Crippen molar-refractivity contribution in [1.29, 1.82) is 0 Å². The van der Waals surface area contributed by atoms with Crippen molar-refractivity contribution in [1.82, 2.24) is 10.6 Å². The van der Waals surface area contributed by atoms with Crippen LogP contribution in [0.3, 0.4) is 0 Å². The van der Waals surface area contributed by atoms with Gasteiger partial charge in [0, 0.05) is 18.4 Å². The number of alkyl carbamates (subject to hydrolysis) is 1. The molecule has 2 aliphatic carbocycles. The summed E-state index contributed by atoms with van der Waals surface area (Å²) in [7, 11) is 0. The number of aliphatic carboxylic acids is 1. The van der Waals surface area contributed by atoms with Gasteiger partial charge in [0.2, 0.25) is 6.04 Å². The Hall–Kier alpha value is -3.56. The number of hydrogen-bond acceptors (Lipinski definition) is 4. The number of carbonyl (C=O) groups is 3. The molecule has 2 aromatic carbocycles. The van der Waals surface area contributed by atoms with Gasteiger partial charge in [0.15, 0.2) is 0 Å². The van der Waals surface area contributed by atoms with Crippen molar-refractivity contribution in [3.8, 4) is 11.1 Å². The zero-order valence-electron chi connectivity index (χ0n) is 18.7. The number of rotatable bonds is 7. The van der Waals surface area contributed by atoms with E-state index < -0.39 is 36.2 Å². The Labute approximate surface area is 199 Å². The summed E-state index contributed by atoms with van der Waals surface area (Å²) in [5, 5.41) is 12.8. The number of benzene rings is 2. The molecule has 0 aliphatic heterocycles. The Kier molecular flexibility index (Phi) is 7.00. The van der Waals surface area contributed by atoms with Crippen molar-refractivity contribution in [2.45, 2.75) is 49.9 Å². The van der Waals surface area contributed by atoms with Crippen molar-refractivity contribution in [3.05, 3.63) is 59.7 Å². The number of fused-ring (bicyclic) bond motifs is 3. The molecule has 10 heteroatoms. The molecule has 0 spiro atoms. The second kappa shape index (κ2) is 9.97. The molecule has 4 rings (SSSR count). The molecule has 0 radical (unpaired) electrons. The van der Waals surface area contributed by atoms with Crippen LogP contribution in [0.4, 0.5) is 18.0 Å². The van der Waals surface area contributed by atoms with Gasteiger partial charge in [0.25, 0.3) is 5.91 Å². The first-order valence-electron chi connectivity index (χ1n) is 11.3. The summed E-state index contributed by atoms with van der Waals surface area (Å²) in [5.74, 6) is -2.94. The maximum absolute atomic E-state index is 13.6. The van der Waals surface area contributed by atoms with Crippen molar-refractivity contribution in [2.24, 2.45) is 5.92 Å². The van der Waals surface area contributed by atoms with Crippen LogP contribution >= 0.6 is 0 Å². The van der Waals surface area contributed by atoms with E-state index in [-0.39, 0.29) is 31.3 Å². The number of halogens is 3. The van der Waals surface area contributed by atoms with Crippen LogP contribution in [-0.4, -0.2) is 47.9 Å². The average Bonchev–Trinajstić information content (AvgIpc) is 3.36. The van der Waals surface area contributed by atoms with E-state index in [2.05, 4.69) is 5.32 Å². The van der Waals surface area contributed by atoms with Crippen LogP contribution in [0.15, 0.2) is 48.5 Å². The minimum atomic E-state index is -5.03. The van der Waals surface area contributed by atoms with Gasteiger partial charge in [-0.05, 0) is 47.4 Å². The van der Waals surface area contributed by atoms with Crippen molar-refractivity contribution < 1.29 is 37.4 Å². The molecule has 2 amide bonds. The molecule has 0 heterocycles. The highest BCUT2D eigenvalue weighted by Gasteiger charge is 2.47. The Bertz CT molecular complexity index is 1070. The predicted octanol–water partition coefficient (Wildman–Crippen LogP) is 4.22. The topological polar surface area (TPSA) is 105 Å². The molecule has 3 atom stereocenters. The molecule has 0 saturated heterocycles. The maximum atomic E-state index is 13.6. The Morgan fingerprint density at radius 3 is 2.17 bits per heavy atom. The highest BCUT2D eigenvalue weighted by molar-refractivity contribution is 5.87. The van der Waals surface area contributed by atoms with E-state index >= 15 is 0 Å². The molecule has 3 N–H and O–H groups in total. The molecule has 35 heavy (non-hydrogen) atoms. The van der Waals surface area contributed by atoms with Crippen LogP contribution < -0.4 is 10.6 Å². The Balaban J connectivity index is 1.37. The van der Waals surface area contributed by atoms with E-state index in [1.54, 1.807) is 5.32 Å². The summed E-state index contributed by atoms with van der Waals surface area (Å²) in [6.07, 6.45) is -5.35. The SMILES string of the molecule is O=C(O)C[C@@H]1CC[C@H](NC(=O)C(NC(=O)OCC2c3ccccc3-c3ccccc32)C(F)(F)F)C1. The van der Waals surface area contributed by atoms with Gasteiger partial charge >= 0.3 is 18.2 Å². The van der Waals surface area contributed by atoms with Gasteiger partial charge in [-0.15, -0.1) is 0 Å². The Morgan fingerprint density at radius 1 is 1.00 bits per heavy atom. The summed E-state index contributed by atoms with van der Waals surface area (Å²) in [6.45, 7) is -0.189. The van der Waals surface area contributed by atoms with Gasteiger partial charge in [-0.3, -0.25) is 9.59 Å². The summed E-state index contributed by atoms with van der Waals surface area (Å²) in [6, 6.07) is 11.7. The normalized spacial score (nSPS) is 20.0. The largest absolute Gasteiger partial charge is 0.481 e. The highest BCUT2D eigenvalue weighted by Crippen LogP contribution is 2.44. The standard InChI is InChI=1S/C25H25F3N2O5/c26-25(27,28)22(23(33)29-15-10-9-14(11-15)12-21(31)32)30-24(34)35-13-20-18-7-3-1-5-16(18)17-6-2-4-8-19(17)20/h1-8,14-15,20,22H,9-13H2,(H,29,33)(H,30,34)(H,31,32)/t14-,15+,22?/m1/s1. The van der Waals surface area contributed by atoms with E-state index in [0.717, 1.165) is 22.3 Å². The van der Waals surface area contributed by atoms with Crippen LogP contribution in [-0.2, 0) is 14.3 Å². The fraction of sp³-hybridized carbons (Fsp3) is 0.400. The predicted molar refractivity (Wildman–Crippen MR) is 120 cm³/mol. The molecule has 1 unspecified atom stereocenters. The Morgan fingerprint density at radius 2 is 1.60 bits per heavy atom. The van der Waals surface area contributed by atoms with Crippen LogP contribution in [0.25, 0.3) is 11.1 Å². The molecule has 2 aliphatic rings. The first kappa shape index (κ1) is 24.6. The van der Waals surface area contributed by atoms with Crippen LogP contribution in [0.5, 0.6) is 0 Å². The fourth-order valence-corrected chi connectivity index (χ4v) is 4.98. The second-order valence-electron chi connectivity index (χ2n) is 8.93. The zero-order chi connectivity index (χ0) is 25.2. The molecule has 0 aromatic heterocycles. The average molecular weight is 490 g/mol. The lowest BCUT2D eigenvalue weighted by molar-refractivity contribution is -0.168. The second-order valence-corrected chi connectivity index (χ2v) is 8.93. The summed E-state index contributed by atoms with van der Waals surface area (Å²) in [4.78, 5) is 35.5. The monoisotopic (exact) mass is 490 g/mol. The lowest BCUT2D eigenvalue weighted by Gasteiger charge is -2.23. The molecule has 1 fully saturated rings. The number of amides is 2. The maximum Gasteiger partial charge on any atom is 0.417 e. The van der Waals surface area contributed by atoms with Crippen molar-refractivity contribution in [2.75, 3.05) is 6.61 Å². The van der Waals surface area contributed by atoms with Gasteiger partial charge in [-0.25, -0.2) is 4.79 Å². The minimum Gasteiger partial charge on any atom is -0.481 e. The van der Waals surface area contributed by atoms with Gasteiger partial charge in [-0.2, -0.15) is 13.2 Å². The first-order valence-corrected chi connectivity index (χ1v) is 11.3. The third-order valence-electron chi connectivity index (χ3n) is 6.55. The quantitative estimate of drug-likeness (QED) is 0.539. The lowest BCUT2D eigenvalue weighted by Crippen LogP contribution is -2.56. The number of hydrogen-bond donors (Lipinski definition) is 3. The first-order chi connectivity index (χ1) is 16.6. The highest BCUT2D eigenvalue weighted by atomic mass is 19.4. The zero-order valence-corrected chi connectivity index (χ0v) is 18.7. The van der Waals surface area contributed by atoms with E-state index in [4.69, 9.17) is 9.84 Å². The molecule has 1 saturated carbocycles. The minimum absolute atomic E-state index is 0.104. The van der Waals surface area contributed by atoms with E-state index in [9.17, 15) is 27.6 Å². The molecule has 2 aromatic rings. The molecule has 186 valence electrons. The smallest absolute Gasteiger partial charge is 0.417 e. The summed E-state index contributed by atoms with van der Waals surface area (Å²) < 4.78 is 45.9. The molecular weight excluding hydrogens is 465 g/mol. The number of alkyl halides is 3. The number of carboxylic acid groups (broad SMARTS) is 1. The van der Waals surface area contributed by atoms with Gasteiger partial charge in [0.1, 0.15) is 6.61 Å². The summed E-state index contributed by atoms with van der Waals surface area (Å²) in [5.41, 5.74) is 3.76. The lowest BCUT2D eigenvalue weighted by atomic mass is 9.98. The van der Waals surface area contributed by atoms with E-state index in [1.165, 1.54) is 0 Å². The van der Waals surface area contributed by atoms with Gasteiger partial charge in [-0.1, -0.05) is 48.5 Å². The third kappa shape index (κ3) is 5.58. The molecular formula is C25H25F3N2O5. The number of carboxylic acids is 1. The van der Waals surface area contributed by atoms with Crippen molar-refractivity contribution in [3.63, 3.8) is 0 Å². The summed E-state index contributed by atoms with van der Waals surface area (Å²) >= 11 is 0. The number of nitrogens with one attached hydrogen (secondary N) is 2. The van der Waals surface area contributed by atoms with Crippen molar-refractivity contribution >= 4 is 18.0 Å². The van der Waals surface area contributed by atoms with Gasteiger partial charge in [0.05, 0.1) is 0 Å². The fourth-order valence-electron chi connectivity index (χ4n) is 4.98. The van der Waals surface area contributed by atoms with Crippen LogP contribution in [0.1, 0.15) is 42.7 Å². The third-order valence-corrected chi connectivity index (χ3v) is 6.55. The number of carbonyl (C=O) groups excluding carboxylic acids is 2. The van der Waals surface area contributed by atoms with Crippen LogP contribution in [0, 0.1) is 5.92 Å². The van der Waals surface area contributed by atoms with E-state index in [1.807, 2.05) is 48.5 Å². The molecule has 0 bridgehead atoms. The van der Waals surface area contributed by atoms with E-state index in [0.29, 0.717) is 12.8 Å². The number of ether oxygens (including phenoxy) is 1. The van der Waals surface area contributed by atoms with Crippen LogP contribution in [0.2, 0.25) is 0 Å².